The molecule has 0 atom stereocenters. The number of rotatable bonds is 2. The maximum Gasteiger partial charge on any atom is 4.00 e. The quantitative estimate of drug-likeness (QED) is 0.119. The predicted molar refractivity (Wildman–Crippen MR) is 167 cm³/mol. The second-order valence-corrected chi connectivity index (χ2v) is 11.3. The normalized spacial score (nSPS) is 10.8. The van der Waals surface area contributed by atoms with Gasteiger partial charge in [-0.2, -0.15) is 38.5 Å². The van der Waals surface area contributed by atoms with Crippen LogP contribution in [0.25, 0.3) is 43.8 Å². The van der Waals surface area contributed by atoms with Crippen molar-refractivity contribution < 1.29 is 72.9 Å². The Hall–Kier alpha value is -2.81. The number of halogens is 8. The summed E-state index contributed by atoms with van der Waals surface area (Å²) in [6, 6.07) is 30.6. The van der Waals surface area contributed by atoms with Crippen molar-refractivity contribution in [1.29, 1.82) is 0 Å². The molecule has 0 aliphatic rings. The van der Waals surface area contributed by atoms with Gasteiger partial charge in [0.15, 0.2) is 0 Å². The molecule has 0 nitrogen and oxygen atoms in total. The zero-order chi connectivity index (χ0) is 31.4. The Balaban J connectivity index is 0.000000400. The van der Waals surface area contributed by atoms with Crippen LogP contribution in [0.5, 0.6) is 0 Å². The van der Waals surface area contributed by atoms with Crippen molar-refractivity contribution in [3.63, 3.8) is 0 Å². The molecule has 0 bridgehead atoms. The molecular formula is C36H30Cl2F6SiTi. The maximum absolute atomic E-state index is 12.6. The van der Waals surface area contributed by atoms with Crippen LogP contribution >= 0.6 is 0 Å². The van der Waals surface area contributed by atoms with Crippen LogP contribution in [-0.2, 0) is 34.1 Å². The monoisotopic (exact) mass is 722 g/mol. The first kappa shape index (κ1) is 41.2. The molecule has 0 fully saturated rings. The summed E-state index contributed by atoms with van der Waals surface area (Å²) in [7, 11) is 1.08. The summed E-state index contributed by atoms with van der Waals surface area (Å²) in [5.41, 5.74) is 4.59. The first-order valence-electron chi connectivity index (χ1n) is 13.6. The molecule has 0 heterocycles. The van der Waals surface area contributed by atoms with Crippen molar-refractivity contribution in [3.05, 3.63) is 131 Å². The molecule has 0 unspecified atom stereocenters. The minimum atomic E-state index is -4.29. The Kier molecular flexibility index (Phi) is 15.6. The summed E-state index contributed by atoms with van der Waals surface area (Å²) in [5.74, 6) is 0. The van der Waals surface area contributed by atoms with Gasteiger partial charge in [0.25, 0.3) is 0 Å². The molecule has 10 heteroatoms. The molecule has 0 aliphatic carbocycles. The molecule has 46 heavy (non-hydrogen) atoms. The number of hydrogen-bond acceptors (Lipinski definition) is 0. The van der Waals surface area contributed by atoms with E-state index in [0.29, 0.717) is 0 Å². The van der Waals surface area contributed by atoms with E-state index in [4.69, 9.17) is 0 Å². The first-order valence-corrected chi connectivity index (χ1v) is 15.6. The summed E-state index contributed by atoms with van der Waals surface area (Å²) < 4.78 is 75.5. The summed E-state index contributed by atoms with van der Waals surface area (Å²) >= 11 is 0. The average molecular weight is 723 g/mol. The minimum absolute atomic E-state index is 0. The van der Waals surface area contributed by atoms with Gasteiger partial charge in [-0.05, 0) is 35.4 Å². The second-order valence-electron chi connectivity index (χ2n) is 10.3. The molecule has 0 N–H and O–H groups in total. The van der Waals surface area contributed by atoms with Gasteiger partial charge in [0.1, 0.15) is 0 Å². The molecule has 0 saturated heterocycles. The first-order chi connectivity index (χ1) is 20.3. The van der Waals surface area contributed by atoms with Gasteiger partial charge in [0.2, 0.25) is 0 Å². The number of hydrogen-bond donors (Lipinski definition) is 0. The van der Waals surface area contributed by atoms with E-state index in [0.717, 1.165) is 88.7 Å². The van der Waals surface area contributed by atoms with Gasteiger partial charge < -0.3 is 24.8 Å². The van der Waals surface area contributed by atoms with Crippen molar-refractivity contribution >= 4 is 31.1 Å². The summed E-state index contributed by atoms with van der Waals surface area (Å²) in [4.78, 5) is 0. The van der Waals surface area contributed by atoms with Crippen molar-refractivity contribution in [2.75, 3.05) is 0 Å². The van der Waals surface area contributed by atoms with Crippen molar-refractivity contribution in [3.8, 4) is 22.3 Å². The second kappa shape index (κ2) is 17.4. The third-order valence-corrected chi connectivity index (χ3v) is 6.84. The summed E-state index contributed by atoms with van der Waals surface area (Å²) in [6.45, 7) is 8.33. The Bertz CT molecular complexity index is 1670. The van der Waals surface area contributed by atoms with E-state index >= 15 is 0 Å². The van der Waals surface area contributed by atoms with E-state index in [1.54, 1.807) is 0 Å². The number of alkyl halides is 6. The van der Waals surface area contributed by atoms with E-state index in [9.17, 15) is 26.3 Å². The largest absolute Gasteiger partial charge is 4.00 e. The fourth-order valence-electron chi connectivity index (χ4n) is 4.95. The van der Waals surface area contributed by atoms with E-state index < -0.39 is 23.5 Å². The average Bonchev–Trinajstić information content (AvgIpc) is 3.53. The Morgan fingerprint density at radius 3 is 1.11 bits per heavy atom. The maximum atomic E-state index is 12.6. The van der Waals surface area contributed by atoms with Gasteiger partial charge in [0.05, 0.1) is 11.1 Å². The van der Waals surface area contributed by atoms with Gasteiger partial charge in [0, 0.05) is 9.52 Å². The number of benzene rings is 4. The van der Waals surface area contributed by atoms with Crippen LogP contribution < -0.4 is 24.8 Å². The Labute approximate surface area is 295 Å². The van der Waals surface area contributed by atoms with Gasteiger partial charge in [-0.3, -0.25) is 0 Å². The molecule has 0 saturated carbocycles. The minimum Gasteiger partial charge on any atom is -1.00 e. The van der Waals surface area contributed by atoms with E-state index in [1.165, 1.54) is 24.3 Å². The molecule has 0 amide bonds. The van der Waals surface area contributed by atoms with Crippen LogP contribution in [0.4, 0.5) is 26.3 Å². The Morgan fingerprint density at radius 1 is 0.522 bits per heavy atom. The van der Waals surface area contributed by atoms with Gasteiger partial charge >= 0.3 is 34.1 Å². The zero-order valence-electron chi connectivity index (χ0n) is 25.4. The third kappa shape index (κ3) is 10.1. The fraction of sp³-hybridized carbons (Fsp3) is 0.167. The van der Waals surface area contributed by atoms with Crippen molar-refractivity contribution in [2.24, 2.45) is 0 Å². The molecule has 2 radical (unpaired) electrons. The molecule has 6 rings (SSSR count). The zero-order valence-corrected chi connectivity index (χ0v) is 29.5. The third-order valence-electron chi connectivity index (χ3n) is 6.84. The van der Waals surface area contributed by atoms with Crippen LogP contribution in [0, 0.1) is 13.8 Å². The van der Waals surface area contributed by atoms with Crippen molar-refractivity contribution in [2.45, 2.75) is 39.3 Å². The van der Waals surface area contributed by atoms with E-state index in [-0.39, 0.29) is 46.5 Å². The molecular weight excluding hydrogens is 693 g/mol. The van der Waals surface area contributed by atoms with Crippen LogP contribution in [0.15, 0.2) is 109 Å². The van der Waals surface area contributed by atoms with Gasteiger partial charge in [-0.15, -0.1) is 69.1 Å². The number of fused-ring (bicyclic) bond motifs is 2. The van der Waals surface area contributed by atoms with E-state index in [2.05, 4.69) is 37.4 Å². The van der Waals surface area contributed by atoms with Crippen LogP contribution in [-0.4, -0.2) is 9.52 Å². The topological polar surface area (TPSA) is 0 Å². The summed E-state index contributed by atoms with van der Waals surface area (Å²) in [5, 5.41) is 4.37. The van der Waals surface area contributed by atoms with Crippen LogP contribution in [0.1, 0.15) is 22.3 Å². The van der Waals surface area contributed by atoms with E-state index in [1.807, 2.05) is 50.2 Å². The molecule has 6 aromatic rings. The number of aryl methyl sites for hydroxylation is 2. The Morgan fingerprint density at radius 2 is 0.826 bits per heavy atom. The standard InChI is InChI=1S/2C17H12F3.C2H6Si.2ClH.Ti/c2*1-11-9-13-3-2-4-15(16(13)10-11)12-5-7-14(8-6-12)17(18,19)20;1-3-2;;;/h2*2-10H,1H3;1-2H3;2*1H;/q2*-1;;;;+4/p-2. The molecule has 0 aliphatic heterocycles. The van der Waals surface area contributed by atoms with Crippen molar-refractivity contribution in [1.82, 2.24) is 0 Å². The SMILES string of the molecule is C[Si]C.Cc1cc2c(-c3ccc(C(F)(F)F)cc3)cccc2[cH-]1.Cc1cc2c(-c3ccc(C(F)(F)F)cc3)cccc2[cH-]1.[Cl-].[Cl-].[Ti+4]. The fourth-order valence-corrected chi connectivity index (χ4v) is 4.95. The molecule has 238 valence electrons. The van der Waals surface area contributed by atoms with Gasteiger partial charge in [-0.1, -0.05) is 74.5 Å². The molecule has 0 aromatic heterocycles. The van der Waals surface area contributed by atoms with Crippen LogP contribution in [0.3, 0.4) is 0 Å². The predicted octanol–water partition coefficient (Wildman–Crippen LogP) is 5.90. The van der Waals surface area contributed by atoms with Gasteiger partial charge in [-0.25, -0.2) is 0 Å². The smallest absolute Gasteiger partial charge is 1.00 e. The molecule has 6 aromatic carbocycles. The van der Waals surface area contributed by atoms with Crippen LogP contribution in [0.2, 0.25) is 13.1 Å². The molecule has 0 spiro atoms. The summed E-state index contributed by atoms with van der Waals surface area (Å²) in [6.07, 6.45) is -8.58.